The van der Waals surface area contributed by atoms with Crippen molar-refractivity contribution in [2.45, 2.75) is 29.7 Å². The molecule has 19 heavy (non-hydrogen) atoms. The molecule has 1 aliphatic carbocycles. The smallest absolute Gasteiger partial charge is 0.274 e. The minimum absolute atomic E-state index is 0.131. The molecule has 0 unspecified atom stereocenters. The lowest BCUT2D eigenvalue weighted by Crippen LogP contribution is -2.55. The Kier molecular flexibility index (Phi) is 2.92. The van der Waals surface area contributed by atoms with Gasteiger partial charge in [-0.25, -0.2) is 13.1 Å². The van der Waals surface area contributed by atoms with Crippen molar-refractivity contribution >= 4 is 10.0 Å². The third kappa shape index (κ3) is 2.18. The number of nitrogens with zero attached hydrogens (tertiary/aromatic N) is 2. The quantitative estimate of drug-likeness (QED) is 0.831. The van der Waals surface area contributed by atoms with Crippen LogP contribution in [0.5, 0.6) is 0 Å². The maximum absolute atomic E-state index is 12.0. The van der Waals surface area contributed by atoms with Gasteiger partial charge in [-0.3, -0.25) is 4.68 Å². The van der Waals surface area contributed by atoms with Crippen molar-refractivity contribution in [1.82, 2.24) is 14.5 Å². The van der Waals surface area contributed by atoms with E-state index in [4.69, 9.17) is 4.42 Å². The molecule has 1 fully saturated rings. The van der Waals surface area contributed by atoms with Crippen molar-refractivity contribution in [1.29, 1.82) is 0 Å². The van der Waals surface area contributed by atoms with Crippen molar-refractivity contribution in [3.63, 3.8) is 0 Å². The molecule has 1 aliphatic rings. The van der Waals surface area contributed by atoms with Crippen LogP contribution in [0.25, 0.3) is 0 Å². The lowest BCUT2D eigenvalue weighted by Gasteiger charge is -2.41. The molecular formula is C11H13N3O4S. The van der Waals surface area contributed by atoms with Crippen LogP contribution in [0.4, 0.5) is 0 Å². The number of aliphatic hydroxyl groups is 1. The van der Waals surface area contributed by atoms with Crippen LogP contribution >= 0.6 is 0 Å². The van der Waals surface area contributed by atoms with Crippen molar-refractivity contribution in [3.8, 4) is 0 Å². The highest BCUT2D eigenvalue weighted by Gasteiger charge is 2.44. The lowest BCUT2D eigenvalue weighted by atomic mass is 9.84. The Morgan fingerprint density at radius 1 is 1.47 bits per heavy atom. The van der Waals surface area contributed by atoms with E-state index in [-0.39, 0.29) is 11.1 Å². The first-order chi connectivity index (χ1) is 9.08. The maximum atomic E-state index is 12.0. The largest absolute Gasteiger partial charge is 0.452 e. The molecule has 0 amide bonds. The topological polar surface area (TPSA) is 97.4 Å². The minimum Gasteiger partial charge on any atom is -0.452 e. The summed E-state index contributed by atoms with van der Waals surface area (Å²) in [7, 11) is -3.69. The highest BCUT2D eigenvalue weighted by molar-refractivity contribution is 7.89. The Hall–Kier alpha value is -1.64. The molecule has 0 radical (unpaired) electrons. The van der Waals surface area contributed by atoms with E-state index >= 15 is 0 Å². The van der Waals surface area contributed by atoms with Gasteiger partial charge in [-0.05, 0) is 24.6 Å². The first-order valence-electron chi connectivity index (χ1n) is 5.81. The molecule has 0 saturated heterocycles. The van der Waals surface area contributed by atoms with E-state index in [1.165, 1.54) is 18.4 Å². The summed E-state index contributed by atoms with van der Waals surface area (Å²) >= 11 is 0. The van der Waals surface area contributed by atoms with Gasteiger partial charge in [-0.15, -0.1) is 0 Å². The molecule has 0 aliphatic heterocycles. The van der Waals surface area contributed by atoms with E-state index in [1.54, 1.807) is 23.1 Å². The molecule has 1 saturated carbocycles. The van der Waals surface area contributed by atoms with Gasteiger partial charge < -0.3 is 9.52 Å². The second-order valence-corrected chi connectivity index (χ2v) is 6.08. The van der Waals surface area contributed by atoms with Gasteiger partial charge >= 0.3 is 0 Å². The molecule has 2 heterocycles. The van der Waals surface area contributed by atoms with Gasteiger partial charge in [-0.2, -0.15) is 5.10 Å². The van der Waals surface area contributed by atoms with Crippen molar-refractivity contribution in [2.24, 2.45) is 0 Å². The van der Waals surface area contributed by atoms with E-state index in [0.29, 0.717) is 6.42 Å². The lowest BCUT2D eigenvalue weighted by molar-refractivity contribution is 0.000421. The second-order valence-electron chi connectivity index (χ2n) is 4.44. The van der Waals surface area contributed by atoms with E-state index in [0.717, 1.165) is 0 Å². The number of aliphatic hydroxyl groups excluding tert-OH is 1. The SMILES string of the molecule is O=S(=O)(N[C@H]1C[C@@H](O)[C@@H]1n1cccn1)c1ccco1. The Labute approximate surface area is 109 Å². The first-order valence-corrected chi connectivity index (χ1v) is 7.29. The Morgan fingerprint density at radius 3 is 2.89 bits per heavy atom. The molecule has 7 nitrogen and oxygen atoms in total. The average molecular weight is 283 g/mol. The third-order valence-corrected chi connectivity index (χ3v) is 4.57. The fourth-order valence-corrected chi connectivity index (χ4v) is 3.41. The average Bonchev–Trinajstić information content (AvgIpc) is 3.00. The third-order valence-electron chi connectivity index (χ3n) is 3.20. The van der Waals surface area contributed by atoms with E-state index in [1.807, 2.05) is 0 Å². The normalized spacial score (nSPS) is 27.1. The van der Waals surface area contributed by atoms with E-state index in [9.17, 15) is 13.5 Å². The second kappa shape index (κ2) is 4.48. The minimum atomic E-state index is -3.69. The summed E-state index contributed by atoms with van der Waals surface area (Å²) < 4.78 is 33.0. The molecule has 2 N–H and O–H groups in total. The van der Waals surface area contributed by atoms with E-state index in [2.05, 4.69) is 9.82 Å². The van der Waals surface area contributed by atoms with Crippen LogP contribution in [0.15, 0.2) is 46.4 Å². The van der Waals surface area contributed by atoms with E-state index < -0.39 is 22.2 Å². The van der Waals surface area contributed by atoms with Crippen LogP contribution in [0.2, 0.25) is 0 Å². The Balaban J connectivity index is 1.78. The molecule has 3 atom stereocenters. The summed E-state index contributed by atoms with van der Waals surface area (Å²) in [6.07, 6.45) is 4.33. The van der Waals surface area contributed by atoms with Gasteiger partial charge in [0.2, 0.25) is 5.09 Å². The number of sulfonamides is 1. The first kappa shape index (κ1) is 12.4. The Bertz CT molecular complexity index is 636. The van der Waals surface area contributed by atoms with Gasteiger partial charge in [-0.1, -0.05) is 0 Å². The molecule has 0 aromatic carbocycles. The monoisotopic (exact) mass is 283 g/mol. The van der Waals surface area contributed by atoms with Gasteiger partial charge in [0.1, 0.15) is 0 Å². The zero-order chi connectivity index (χ0) is 13.5. The molecule has 2 aromatic heterocycles. The molecule has 0 bridgehead atoms. The van der Waals surface area contributed by atoms with Gasteiger partial charge in [0.05, 0.1) is 18.4 Å². The van der Waals surface area contributed by atoms with Crippen LogP contribution in [-0.4, -0.2) is 35.5 Å². The summed E-state index contributed by atoms with van der Waals surface area (Å²) in [4.78, 5) is 0. The molecule has 102 valence electrons. The van der Waals surface area contributed by atoms with Crippen LogP contribution < -0.4 is 4.72 Å². The molecule has 3 rings (SSSR count). The summed E-state index contributed by atoms with van der Waals surface area (Å²) in [6, 6.07) is 3.82. The summed E-state index contributed by atoms with van der Waals surface area (Å²) in [6.45, 7) is 0. The summed E-state index contributed by atoms with van der Waals surface area (Å²) in [5, 5.41) is 13.7. The number of aromatic nitrogens is 2. The number of rotatable bonds is 4. The number of hydrogen-bond acceptors (Lipinski definition) is 5. The fraction of sp³-hybridized carbons (Fsp3) is 0.364. The van der Waals surface area contributed by atoms with Crippen molar-refractivity contribution in [2.75, 3.05) is 0 Å². The zero-order valence-electron chi connectivity index (χ0n) is 9.88. The molecular weight excluding hydrogens is 270 g/mol. The van der Waals surface area contributed by atoms with Crippen molar-refractivity contribution in [3.05, 3.63) is 36.9 Å². The fourth-order valence-electron chi connectivity index (χ4n) is 2.22. The summed E-state index contributed by atoms with van der Waals surface area (Å²) in [5.74, 6) is 0. The zero-order valence-corrected chi connectivity index (χ0v) is 10.7. The predicted octanol–water partition coefficient (Wildman–Crippen LogP) is 0.129. The standard InChI is InChI=1S/C11H13N3O4S/c15-9-7-8(11(9)14-5-2-4-12-14)13-19(16,17)10-3-1-6-18-10/h1-6,8-9,11,13,15H,7H2/t8-,9+,11+/m0/s1. The number of nitrogens with one attached hydrogen (secondary N) is 1. The van der Waals surface area contributed by atoms with Crippen LogP contribution in [-0.2, 0) is 10.0 Å². The van der Waals surface area contributed by atoms with Gasteiger partial charge in [0.25, 0.3) is 10.0 Å². The maximum Gasteiger partial charge on any atom is 0.274 e. The highest BCUT2D eigenvalue weighted by atomic mass is 32.2. The van der Waals surface area contributed by atoms with Crippen molar-refractivity contribution < 1.29 is 17.9 Å². The number of furan rings is 1. The Morgan fingerprint density at radius 2 is 2.32 bits per heavy atom. The molecule has 8 heteroatoms. The van der Waals surface area contributed by atoms with Gasteiger partial charge in [0, 0.05) is 18.4 Å². The van der Waals surface area contributed by atoms with Crippen LogP contribution in [0.3, 0.4) is 0 Å². The highest BCUT2D eigenvalue weighted by Crippen LogP contribution is 2.33. The molecule has 2 aromatic rings. The van der Waals surface area contributed by atoms with Gasteiger partial charge in [0.15, 0.2) is 0 Å². The van der Waals surface area contributed by atoms with Crippen LogP contribution in [0, 0.1) is 0 Å². The molecule has 0 spiro atoms. The number of hydrogen-bond donors (Lipinski definition) is 2. The van der Waals surface area contributed by atoms with Crippen LogP contribution in [0.1, 0.15) is 12.5 Å². The predicted molar refractivity (Wildman–Crippen MR) is 64.7 cm³/mol. The summed E-state index contributed by atoms with van der Waals surface area (Å²) in [5.41, 5.74) is 0.